The van der Waals surface area contributed by atoms with Crippen molar-refractivity contribution in [2.24, 2.45) is 7.05 Å². The largest absolute Gasteiger partial charge is 0.351 e. The van der Waals surface area contributed by atoms with Gasteiger partial charge in [0, 0.05) is 49.5 Å². The van der Waals surface area contributed by atoms with Crippen LogP contribution in [-0.2, 0) is 13.6 Å². The standard InChI is InChI=1S/C23H22N4/c1-26-14-19-13-17(22-4-3-10-24-25-22)5-7-20(19)21(15-26)16-6-8-23-18(12-16)9-11-27(23)2/h3-13,21H,14-15H2,1-2H3. The van der Waals surface area contributed by atoms with E-state index in [1.165, 1.54) is 27.6 Å². The van der Waals surface area contributed by atoms with Crippen molar-refractivity contribution in [1.29, 1.82) is 0 Å². The van der Waals surface area contributed by atoms with Crippen LogP contribution in [0.3, 0.4) is 0 Å². The molecule has 3 heterocycles. The lowest BCUT2D eigenvalue weighted by Gasteiger charge is -2.33. The molecule has 134 valence electrons. The van der Waals surface area contributed by atoms with E-state index in [-0.39, 0.29) is 0 Å². The first-order valence-electron chi connectivity index (χ1n) is 9.33. The summed E-state index contributed by atoms with van der Waals surface area (Å²) in [6.07, 6.45) is 3.84. The van der Waals surface area contributed by atoms with Gasteiger partial charge in [-0.2, -0.15) is 10.2 Å². The van der Waals surface area contributed by atoms with E-state index in [1.807, 2.05) is 12.1 Å². The van der Waals surface area contributed by atoms with Crippen molar-refractivity contribution in [3.05, 3.63) is 83.7 Å². The van der Waals surface area contributed by atoms with Gasteiger partial charge in [0.25, 0.3) is 0 Å². The van der Waals surface area contributed by atoms with Crippen LogP contribution in [0.15, 0.2) is 67.0 Å². The number of benzene rings is 2. The first kappa shape index (κ1) is 16.2. The molecule has 0 spiro atoms. The summed E-state index contributed by atoms with van der Waals surface area (Å²) in [5.74, 6) is 0.388. The summed E-state index contributed by atoms with van der Waals surface area (Å²) in [6, 6.07) is 19.8. The van der Waals surface area contributed by atoms with Gasteiger partial charge in [-0.15, -0.1) is 0 Å². The summed E-state index contributed by atoms with van der Waals surface area (Å²) in [4.78, 5) is 2.41. The summed E-state index contributed by atoms with van der Waals surface area (Å²) >= 11 is 0. The molecule has 1 unspecified atom stereocenters. The summed E-state index contributed by atoms with van der Waals surface area (Å²) in [5, 5.41) is 9.59. The minimum atomic E-state index is 0.388. The summed E-state index contributed by atoms with van der Waals surface area (Å²) in [7, 11) is 4.30. The Labute approximate surface area is 159 Å². The Morgan fingerprint density at radius 3 is 2.78 bits per heavy atom. The summed E-state index contributed by atoms with van der Waals surface area (Å²) in [6.45, 7) is 2.00. The normalized spacial score (nSPS) is 17.2. The van der Waals surface area contributed by atoms with Crippen LogP contribution in [-0.4, -0.2) is 33.3 Å². The van der Waals surface area contributed by atoms with Gasteiger partial charge >= 0.3 is 0 Å². The van der Waals surface area contributed by atoms with Gasteiger partial charge in [-0.3, -0.25) is 0 Å². The molecular formula is C23H22N4. The molecule has 4 nitrogen and oxygen atoms in total. The van der Waals surface area contributed by atoms with E-state index in [4.69, 9.17) is 0 Å². The average molecular weight is 354 g/mol. The maximum absolute atomic E-state index is 4.26. The molecule has 0 aliphatic carbocycles. The molecule has 2 aromatic carbocycles. The third kappa shape index (κ3) is 2.82. The highest BCUT2D eigenvalue weighted by molar-refractivity contribution is 5.81. The van der Waals surface area contributed by atoms with Gasteiger partial charge in [-0.25, -0.2) is 0 Å². The molecule has 0 saturated heterocycles. The molecule has 1 atom stereocenters. The zero-order chi connectivity index (χ0) is 18.4. The number of rotatable bonds is 2. The number of nitrogens with zero attached hydrogens (tertiary/aromatic N) is 4. The Hall–Kier alpha value is -2.98. The van der Waals surface area contributed by atoms with Gasteiger partial charge in [0.05, 0.1) is 5.69 Å². The van der Waals surface area contributed by atoms with Crippen molar-refractivity contribution in [2.75, 3.05) is 13.6 Å². The number of hydrogen-bond donors (Lipinski definition) is 0. The molecule has 5 rings (SSSR count). The number of likely N-dealkylation sites (N-methyl/N-ethyl adjacent to an activating group) is 1. The van der Waals surface area contributed by atoms with E-state index in [2.05, 4.69) is 82.4 Å². The van der Waals surface area contributed by atoms with E-state index in [0.29, 0.717) is 5.92 Å². The molecule has 0 saturated carbocycles. The maximum atomic E-state index is 4.26. The fraction of sp³-hybridized carbons (Fsp3) is 0.217. The zero-order valence-corrected chi connectivity index (χ0v) is 15.6. The second-order valence-electron chi connectivity index (χ2n) is 7.52. The van der Waals surface area contributed by atoms with Crippen molar-refractivity contribution >= 4 is 10.9 Å². The Morgan fingerprint density at radius 2 is 1.93 bits per heavy atom. The van der Waals surface area contributed by atoms with Crippen LogP contribution >= 0.6 is 0 Å². The Morgan fingerprint density at radius 1 is 1.00 bits per heavy atom. The highest BCUT2D eigenvalue weighted by Crippen LogP contribution is 2.36. The molecule has 0 amide bonds. The fourth-order valence-corrected chi connectivity index (χ4v) is 4.26. The molecule has 1 aliphatic rings. The highest BCUT2D eigenvalue weighted by atomic mass is 15.1. The van der Waals surface area contributed by atoms with Crippen LogP contribution in [0.25, 0.3) is 22.2 Å². The molecule has 1 aliphatic heterocycles. The number of aryl methyl sites for hydroxylation is 1. The topological polar surface area (TPSA) is 34.0 Å². The summed E-state index contributed by atoms with van der Waals surface area (Å²) in [5.41, 5.74) is 7.53. The minimum absolute atomic E-state index is 0.388. The lowest BCUT2D eigenvalue weighted by atomic mass is 9.83. The van der Waals surface area contributed by atoms with E-state index >= 15 is 0 Å². The smallest absolute Gasteiger partial charge is 0.0929 e. The van der Waals surface area contributed by atoms with Crippen LogP contribution in [0.5, 0.6) is 0 Å². The fourth-order valence-electron chi connectivity index (χ4n) is 4.26. The molecule has 27 heavy (non-hydrogen) atoms. The third-order valence-electron chi connectivity index (χ3n) is 5.63. The molecular weight excluding hydrogens is 332 g/mol. The SMILES string of the molecule is CN1Cc2cc(-c3cccnn3)ccc2C(c2ccc3c(ccn3C)c2)C1. The molecule has 2 aromatic heterocycles. The van der Waals surface area contributed by atoms with E-state index in [9.17, 15) is 0 Å². The van der Waals surface area contributed by atoms with Crippen LogP contribution in [0, 0.1) is 0 Å². The van der Waals surface area contributed by atoms with Crippen molar-refractivity contribution in [3.63, 3.8) is 0 Å². The monoisotopic (exact) mass is 354 g/mol. The van der Waals surface area contributed by atoms with Crippen LogP contribution in [0.1, 0.15) is 22.6 Å². The van der Waals surface area contributed by atoms with Crippen LogP contribution in [0.2, 0.25) is 0 Å². The lowest BCUT2D eigenvalue weighted by molar-refractivity contribution is 0.295. The van der Waals surface area contributed by atoms with E-state index in [1.54, 1.807) is 6.20 Å². The first-order valence-corrected chi connectivity index (χ1v) is 9.33. The molecule has 0 fully saturated rings. The average Bonchev–Trinajstić information content (AvgIpc) is 3.08. The molecule has 4 heteroatoms. The molecule has 0 bridgehead atoms. The van der Waals surface area contributed by atoms with Crippen LogP contribution in [0.4, 0.5) is 0 Å². The Kier molecular flexibility index (Phi) is 3.80. The van der Waals surface area contributed by atoms with Gasteiger partial charge in [0.1, 0.15) is 0 Å². The lowest BCUT2D eigenvalue weighted by Crippen LogP contribution is -2.31. The quantitative estimate of drug-likeness (QED) is 0.541. The van der Waals surface area contributed by atoms with Crippen molar-refractivity contribution < 1.29 is 0 Å². The Bertz CT molecular complexity index is 1110. The van der Waals surface area contributed by atoms with Gasteiger partial charge in [0.15, 0.2) is 0 Å². The first-order chi connectivity index (χ1) is 13.2. The van der Waals surface area contributed by atoms with Gasteiger partial charge in [-0.1, -0.05) is 18.2 Å². The minimum Gasteiger partial charge on any atom is -0.351 e. The molecule has 4 aromatic rings. The van der Waals surface area contributed by atoms with Crippen LogP contribution < -0.4 is 0 Å². The van der Waals surface area contributed by atoms with Gasteiger partial charge in [-0.05, 0) is 65.5 Å². The predicted octanol–water partition coefficient (Wildman–Crippen LogP) is 4.21. The Balaban J connectivity index is 1.59. The van der Waals surface area contributed by atoms with Crippen molar-refractivity contribution in [1.82, 2.24) is 19.7 Å². The summed E-state index contributed by atoms with van der Waals surface area (Å²) < 4.78 is 2.17. The highest BCUT2D eigenvalue weighted by Gasteiger charge is 2.25. The number of hydrogen-bond acceptors (Lipinski definition) is 3. The second-order valence-corrected chi connectivity index (χ2v) is 7.52. The van der Waals surface area contributed by atoms with E-state index in [0.717, 1.165) is 24.3 Å². The van der Waals surface area contributed by atoms with Crippen molar-refractivity contribution in [2.45, 2.75) is 12.5 Å². The third-order valence-corrected chi connectivity index (χ3v) is 5.63. The molecule has 0 radical (unpaired) electrons. The zero-order valence-electron chi connectivity index (χ0n) is 15.6. The second kappa shape index (κ2) is 6.32. The van der Waals surface area contributed by atoms with Gasteiger partial charge < -0.3 is 9.47 Å². The van der Waals surface area contributed by atoms with E-state index < -0.39 is 0 Å². The predicted molar refractivity (Wildman–Crippen MR) is 109 cm³/mol. The number of fused-ring (bicyclic) bond motifs is 2. The number of aromatic nitrogens is 3. The van der Waals surface area contributed by atoms with Crippen molar-refractivity contribution in [3.8, 4) is 11.3 Å². The maximum Gasteiger partial charge on any atom is 0.0929 e. The molecule has 0 N–H and O–H groups in total. The van der Waals surface area contributed by atoms with Gasteiger partial charge in [0.2, 0.25) is 0 Å².